The Bertz CT molecular complexity index is 399. The van der Waals surface area contributed by atoms with Gasteiger partial charge in [0.25, 0.3) is 0 Å². The zero-order valence-corrected chi connectivity index (χ0v) is 11.2. The van der Waals surface area contributed by atoms with Crippen LogP contribution in [0, 0.1) is 0 Å². The van der Waals surface area contributed by atoms with E-state index in [1.807, 2.05) is 32.9 Å². The van der Waals surface area contributed by atoms with E-state index in [1.54, 1.807) is 19.2 Å². The molecule has 1 rings (SSSR count). The Morgan fingerprint density at radius 1 is 1.28 bits per heavy atom. The van der Waals surface area contributed by atoms with Crippen molar-refractivity contribution in [1.82, 2.24) is 5.48 Å². The first-order valence-corrected chi connectivity index (χ1v) is 5.76. The number of hydrogen-bond acceptors (Lipinski definition) is 4. The van der Waals surface area contributed by atoms with E-state index in [4.69, 9.17) is 9.57 Å². The zero-order chi connectivity index (χ0) is 13.6. The van der Waals surface area contributed by atoms with E-state index in [2.05, 4.69) is 10.8 Å². The molecule has 1 aromatic rings. The average molecular weight is 252 g/mol. The van der Waals surface area contributed by atoms with Crippen LogP contribution in [-0.2, 0) is 9.63 Å². The van der Waals surface area contributed by atoms with Crippen molar-refractivity contribution in [1.29, 1.82) is 0 Å². The number of para-hydroxylation sites is 2. The van der Waals surface area contributed by atoms with Gasteiger partial charge < -0.3 is 10.1 Å². The molecule has 5 heteroatoms. The Kier molecular flexibility index (Phi) is 5.12. The second-order valence-electron chi connectivity index (χ2n) is 4.78. The molecule has 0 spiro atoms. The molecule has 5 nitrogen and oxygen atoms in total. The minimum atomic E-state index is -0.329. The van der Waals surface area contributed by atoms with Crippen molar-refractivity contribution in [3.05, 3.63) is 24.3 Å². The molecule has 0 bridgehead atoms. The second-order valence-corrected chi connectivity index (χ2v) is 4.78. The normalized spacial score (nSPS) is 11.1. The van der Waals surface area contributed by atoms with Crippen LogP contribution in [0.25, 0.3) is 0 Å². The van der Waals surface area contributed by atoms with Crippen LogP contribution in [0.1, 0.15) is 20.8 Å². The molecule has 0 unspecified atom stereocenters. The summed E-state index contributed by atoms with van der Waals surface area (Å²) in [6, 6.07) is 7.24. The van der Waals surface area contributed by atoms with Gasteiger partial charge in [-0.2, -0.15) is 5.48 Å². The van der Waals surface area contributed by atoms with Crippen LogP contribution in [0.15, 0.2) is 24.3 Å². The maximum atomic E-state index is 11.7. The van der Waals surface area contributed by atoms with Crippen LogP contribution in [0.5, 0.6) is 5.75 Å². The van der Waals surface area contributed by atoms with Crippen molar-refractivity contribution in [2.24, 2.45) is 0 Å². The first-order chi connectivity index (χ1) is 8.42. The average Bonchev–Trinajstić information content (AvgIpc) is 2.28. The van der Waals surface area contributed by atoms with Crippen LogP contribution in [0.4, 0.5) is 5.69 Å². The van der Waals surface area contributed by atoms with Crippen molar-refractivity contribution in [2.45, 2.75) is 26.4 Å². The smallest absolute Gasteiger partial charge is 0.240 e. The van der Waals surface area contributed by atoms with Gasteiger partial charge in [0.05, 0.1) is 18.4 Å². The van der Waals surface area contributed by atoms with Gasteiger partial charge in [-0.15, -0.1) is 0 Å². The monoisotopic (exact) mass is 252 g/mol. The van der Waals surface area contributed by atoms with Gasteiger partial charge in [-0.25, -0.2) is 0 Å². The number of carbonyl (C=O) groups is 1. The molecule has 0 saturated carbocycles. The summed E-state index contributed by atoms with van der Waals surface area (Å²) in [5.41, 5.74) is 2.94. The van der Waals surface area contributed by atoms with Crippen molar-refractivity contribution in [3.8, 4) is 5.75 Å². The molecule has 0 aliphatic heterocycles. The summed E-state index contributed by atoms with van der Waals surface area (Å²) >= 11 is 0. The summed E-state index contributed by atoms with van der Waals surface area (Å²) in [5.74, 6) is 0.436. The second kappa shape index (κ2) is 6.37. The lowest BCUT2D eigenvalue weighted by Crippen LogP contribution is -2.34. The lowest BCUT2D eigenvalue weighted by Gasteiger charge is -2.19. The number of ether oxygens (including phenoxy) is 1. The standard InChI is InChI=1S/C13H20N2O3/c1-13(2,3)18-14-9-12(16)15-10-7-5-6-8-11(10)17-4/h5-8,14H,9H2,1-4H3,(H,15,16). The summed E-state index contributed by atoms with van der Waals surface area (Å²) in [4.78, 5) is 16.9. The molecule has 100 valence electrons. The fraction of sp³-hybridized carbons (Fsp3) is 0.462. The third kappa shape index (κ3) is 5.16. The van der Waals surface area contributed by atoms with Crippen molar-refractivity contribution < 1.29 is 14.4 Å². The van der Waals surface area contributed by atoms with E-state index < -0.39 is 0 Å². The first-order valence-electron chi connectivity index (χ1n) is 5.76. The van der Waals surface area contributed by atoms with Gasteiger partial charge in [0, 0.05) is 0 Å². The van der Waals surface area contributed by atoms with E-state index in [1.165, 1.54) is 0 Å². The predicted octanol–water partition coefficient (Wildman–Crippen LogP) is 1.95. The Morgan fingerprint density at radius 2 is 1.94 bits per heavy atom. The first kappa shape index (κ1) is 14.5. The third-order valence-electron chi connectivity index (χ3n) is 1.99. The molecule has 0 saturated heterocycles. The predicted molar refractivity (Wildman–Crippen MR) is 70.5 cm³/mol. The van der Waals surface area contributed by atoms with Crippen LogP contribution in [-0.4, -0.2) is 25.2 Å². The van der Waals surface area contributed by atoms with Crippen LogP contribution >= 0.6 is 0 Å². The lowest BCUT2D eigenvalue weighted by molar-refractivity contribution is -0.122. The molecule has 1 amide bonds. The third-order valence-corrected chi connectivity index (χ3v) is 1.99. The van der Waals surface area contributed by atoms with Gasteiger partial charge in [0.1, 0.15) is 12.3 Å². The van der Waals surface area contributed by atoms with Crippen LogP contribution in [0.3, 0.4) is 0 Å². The molecular weight excluding hydrogens is 232 g/mol. The summed E-state index contributed by atoms with van der Waals surface area (Å²) < 4.78 is 5.14. The molecule has 0 atom stereocenters. The highest BCUT2D eigenvalue weighted by molar-refractivity contribution is 5.93. The Hall–Kier alpha value is -1.59. The number of hydroxylamine groups is 1. The van der Waals surface area contributed by atoms with Gasteiger partial charge in [0.2, 0.25) is 5.91 Å². The molecule has 0 aliphatic rings. The van der Waals surface area contributed by atoms with Crippen LogP contribution < -0.4 is 15.5 Å². The number of methoxy groups -OCH3 is 1. The summed E-state index contributed by atoms with van der Waals surface area (Å²) in [6.45, 7) is 5.78. The zero-order valence-electron chi connectivity index (χ0n) is 11.2. The molecule has 0 radical (unpaired) electrons. The van der Waals surface area contributed by atoms with E-state index in [0.29, 0.717) is 11.4 Å². The van der Waals surface area contributed by atoms with Gasteiger partial charge in [-0.3, -0.25) is 9.63 Å². The van der Waals surface area contributed by atoms with E-state index in [9.17, 15) is 4.79 Å². The number of nitrogens with one attached hydrogen (secondary N) is 2. The molecular formula is C13H20N2O3. The molecule has 0 aromatic heterocycles. The number of rotatable bonds is 5. The molecule has 0 heterocycles. The highest BCUT2D eigenvalue weighted by Gasteiger charge is 2.12. The number of benzene rings is 1. The quantitative estimate of drug-likeness (QED) is 0.786. The van der Waals surface area contributed by atoms with E-state index in [0.717, 1.165) is 0 Å². The van der Waals surface area contributed by atoms with Crippen molar-refractivity contribution in [3.63, 3.8) is 0 Å². The SMILES string of the molecule is COc1ccccc1NC(=O)CNOC(C)(C)C. The number of hydrogen-bond donors (Lipinski definition) is 2. The number of amides is 1. The fourth-order valence-electron chi connectivity index (χ4n) is 1.26. The van der Waals surface area contributed by atoms with Crippen molar-refractivity contribution >= 4 is 11.6 Å². The maximum absolute atomic E-state index is 11.7. The summed E-state index contributed by atoms with van der Waals surface area (Å²) in [5, 5.41) is 2.74. The maximum Gasteiger partial charge on any atom is 0.240 e. The number of anilines is 1. The van der Waals surface area contributed by atoms with E-state index in [-0.39, 0.29) is 18.1 Å². The summed E-state index contributed by atoms with van der Waals surface area (Å²) in [6.07, 6.45) is 0. The lowest BCUT2D eigenvalue weighted by atomic mass is 10.2. The highest BCUT2D eigenvalue weighted by atomic mass is 16.7. The van der Waals surface area contributed by atoms with Gasteiger partial charge >= 0.3 is 0 Å². The number of carbonyl (C=O) groups excluding carboxylic acids is 1. The molecule has 0 fully saturated rings. The van der Waals surface area contributed by atoms with Crippen LogP contribution in [0.2, 0.25) is 0 Å². The summed E-state index contributed by atoms with van der Waals surface area (Å²) in [7, 11) is 1.56. The topological polar surface area (TPSA) is 59.6 Å². The molecule has 18 heavy (non-hydrogen) atoms. The van der Waals surface area contributed by atoms with Crippen molar-refractivity contribution in [2.75, 3.05) is 19.0 Å². The Balaban J connectivity index is 2.45. The van der Waals surface area contributed by atoms with E-state index >= 15 is 0 Å². The van der Waals surface area contributed by atoms with Gasteiger partial charge in [0.15, 0.2) is 0 Å². The molecule has 1 aromatic carbocycles. The largest absolute Gasteiger partial charge is 0.495 e. The Labute approximate surface area is 107 Å². The minimum Gasteiger partial charge on any atom is -0.495 e. The minimum absolute atomic E-state index is 0.0787. The highest BCUT2D eigenvalue weighted by Crippen LogP contribution is 2.22. The molecule has 2 N–H and O–H groups in total. The molecule has 0 aliphatic carbocycles. The Morgan fingerprint density at radius 3 is 2.56 bits per heavy atom. The van der Waals surface area contributed by atoms with Gasteiger partial charge in [-0.1, -0.05) is 12.1 Å². The fourth-order valence-corrected chi connectivity index (χ4v) is 1.26. The van der Waals surface area contributed by atoms with Gasteiger partial charge in [-0.05, 0) is 32.9 Å².